The molecule has 0 saturated carbocycles. The van der Waals surface area contributed by atoms with E-state index in [0.717, 1.165) is 55.7 Å². The Morgan fingerprint density at radius 3 is 1.42 bits per heavy atom. The van der Waals surface area contributed by atoms with E-state index in [9.17, 15) is 29.0 Å². The summed E-state index contributed by atoms with van der Waals surface area (Å²) < 4.78 is 46.6. The maximum Gasteiger partial charge on any atom is 0.416 e. The fourth-order valence-electron chi connectivity index (χ4n) is 6.78. The van der Waals surface area contributed by atoms with E-state index in [0.29, 0.717) is 39.2 Å². The van der Waals surface area contributed by atoms with Gasteiger partial charge in [0.1, 0.15) is 0 Å². The molecule has 0 atom stereocenters. The van der Waals surface area contributed by atoms with Crippen molar-refractivity contribution in [2.45, 2.75) is 6.18 Å². The number of rotatable bonds is 3. The van der Waals surface area contributed by atoms with Gasteiger partial charge in [-0.2, -0.15) is 29.0 Å². The predicted octanol–water partition coefficient (Wildman–Crippen LogP) is 10.2. The van der Waals surface area contributed by atoms with E-state index in [1.54, 1.807) is 42.5 Å². The number of para-hydroxylation sites is 2. The molecular weight excluding hydrogens is 607 g/mol. The lowest BCUT2D eigenvalue weighted by atomic mass is 9.96. The van der Waals surface area contributed by atoms with Gasteiger partial charge in [-0.25, -0.2) is 0 Å². The van der Waals surface area contributed by atoms with Gasteiger partial charge in [-0.15, -0.1) is 0 Å². The maximum absolute atomic E-state index is 14.2. The summed E-state index contributed by atoms with van der Waals surface area (Å²) in [6, 6.07) is 41.2. The summed E-state index contributed by atoms with van der Waals surface area (Å²) in [5.74, 6) is 0. The zero-order valence-electron chi connectivity index (χ0n) is 24.9. The van der Waals surface area contributed by atoms with E-state index in [1.165, 1.54) is 6.07 Å². The Hall–Kier alpha value is -6.82. The van der Waals surface area contributed by atoms with E-state index in [-0.39, 0.29) is 0 Å². The lowest BCUT2D eigenvalue weighted by molar-refractivity contribution is -0.137. The fourth-order valence-corrected chi connectivity index (χ4v) is 6.78. The van der Waals surface area contributed by atoms with Crippen molar-refractivity contribution in [1.82, 2.24) is 9.13 Å². The molecule has 5 nitrogen and oxygen atoms in total. The molecule has 48 heavy (non-hydrogen) atoms. The molecule has 2 aromatic heterocycles. The van der Waals surface area contributed by atoms with Crippen molar-refractivity contribution in [3.8, 4) is 40.7 Å². The number of halogens is 3. The monoisotopic (exact) mass is 627 g/mol. The van der Waals surface area contributed by atoms with Crippen LogP contribution in [-0.2, 0) is 6.18 Å². The van der Waals surface area contributed by atoms with E-state index in [1.807, 2.05) is 69.8 Å². The number of nitrogens with zero attached hydrogens (tertiary/aromatic N) is 5. The first-order chi connectivity index (χ1) is 23.3. The van der Waals surface area contributed by atoms with E-state index in [2.05, 4.69) is 18.2 Å². The highest BCUT2D eigenvalue weighted by molar-refractivity contribution is 6.12. The number of benzene rings is 6. The Balaban J connectivity index is 1.60. The normalized spacial score (nSPS) is 11.6. The molecule has 0 radical (unpaired) electrons. The Bertz CT molecular complexity index is 2610. The second kappa shape index (κ2) is 10.6. The van der Waals surface area contributed by atoms with Crippen molar-refractivity contribution in [3.63, 3.8) is 0 Å². The van der Waals surface area contributed by atoms with Crippen molar-refractivity contribution < 1.29 is 13.2 Å². The quantitative estimate of drug-likeness (QED) is 0.195. The summed E-state index contributed by atoms with van der Waals surface area (Å²) in [4.78, 5) is 0. The minimum absolute atomic E-state index is 0.301. The fraction of sp³-hybridized carbons (Fsp3) is 0.0250. The molecule has 8 aromatic rings. The van der Waals surface area contributed by atoms with Crippen LogP contribution in [0.1, 0.15) is 22.3 Å². The summed E-state index contributed by atoms with van der Waals surface area (Å²) in [5.41, 5.74) is 5.19. The molecule has 6 aromatic carbocycles. The first kappa shape index (κ1) is 28.6. The highest BCUT2D eigenvalue weighted by atomic mass is 19.4. The zero-order valence-corrected chi connectivity index (χ0v) is 24.9. The number of hydrogen-bond acceptors (Lipinski definition) is 3. The van der Waals surface area contributed by atoms with Crippen LogP contribution in [0.4, 0.5) is 13.2 Å². The van der Waals surface area contributed by atoms with Gasteiger partial charge in [0.2, 0.25) is 0 Å². The van der Waals surface area contributed by atoms with Crippen molar-refractivity contribution in [2.24, 2.45) is 0 Å². The Morgan fingerprint density at radius 1 is 0.458 bits per heavy atom. The summed E-state index contributed by atoms with van der Waals surface area (Å²) in [5, 5.41) is 33.1. The Labute approximate surface area is 271 Å². The summed E-state index contributed by atoms with van der Waals surface area (Å²) in [6.45, 7) is 0. The van der Waals surface area contributed by atoms with Crippen LogP contribution < -0.4 is 0 Å². The number of nitriles is 3. The first-order valence-corrected chi connectivity index (χ1v) is 14.9. The molecule has 0 aliphatic rings. The molecule has 0 aliphatic carbocycles. The van der Waals surface area contributed by atoms with Crippen LogP contribution in [0, 0.1) is 34.0 Å². The summed E-state index contributed by atoms with van der Waals surface area (Å²) in [6.07, 6.45) is -4.59. The molecule has 0 unspecified atom stereocenters. The number of alkyl halides is 3. The predicted molar refractivity (Wildman–Crippen MR) is 180 cm³/mol. The van der Waals surface area contributed by atoms with Gasteiger partial charge in [0, 0.05) is 27.1 Å². The molecule has 0 N–H and O–H groups in total. The van der Waals surface area contributed by atoms with E-state index < -0.39 is 11.7 Å². The van der Waals surface area contributed by atoms with E-state index >= 15 is 0 Å². The van der Waals surface area contributed by atoms with Crippen LogP contribution in [0.3, 0.4) is 0 Å². The molecule has 226 valence electrons. The number of hydrogen-bond donors (Lipinski definition) is 0. The van der Waals surface area contributed by atoms with Crippen molar-refractivity contribution in [1.29, 1.82) is 15.8 Å². The van der Waals surface area contributed by atoms with Crippen LogP contribution in [-0.4, -0.2) is 9.13 Å². The van der Waals surface area contributed by atoms with Gasteiger partial charge in [-0.3, -0.25) is 0 Å². The van der Waals surface area contributed by atoms with Crippen molar-refractivity contribution >= 4 is 43.6 Å². The maximum atomic E-state index is 14.2. The molecule has 0 saturated heterocycles. The number of aromatic nitrogens is 2. The van der Waals surface area contributed by atoms with Gasteiger partial charge in [-0.05, 0) is 78.4 Å². The molecule has 0 fully saturated rings. The SMILES string of the molecule is N#Cc1cc(-n2c3ccccc3c3cc(C#N)ccc32)c(-c2cccc(C(F)(F)F)c2)c(-n2c3ccccc3c3cc(C#N)ccc32)c1. The standard InChI is InChI=1S/C40H20F3N5/c41-40(42,43)28-7-5-6-27(20-28)39-37(47-33-10-3-1-8-29(33)31-16-24(21-44)12-14-35(31)47)18-26(23-46)19-38(39)48-34-11-4-2-9-30(34)32-17-25(22-45)13-15-36(32)48/h1-20H. The molecule has 0 aliphatic heterocycles. The molecular formula is C40H20F3N5. The zero-order chi connectivity index (χ0) is 33.2. The van der Waals surface area contributed by atoms with Gasteiger partial charge >= 0.3 is 6.18 Å². The minimum Gasteiger partial charge on any atom is -0.308 e. The highest BCUT2D eigenvalue weighted by Gasteiger charge is 2.31. The van der Waals surface area contributed by atoms with Gasteiger partial charge in [0.25, 0.3) is 0 Å². The largest absolute Gasteiger partial charge is 0.416 e. The Morgan fingerprint density at radius 2 is 0.938 bits per heavy atom. The van der Waals surface area contributed by atoms with Crippen LogP contribution in [0.15, 0.2) is 121 Å². The second-order valence-electron chi connectivity index (χ2n) is 11.5. The average molecular weight is 628 g/mol. The molecule has 0 bridgehead atoms. The van der Waals surface area contributed by atoms with Crippen LogP contribution in [0.5, 0.6) is 0 Å². The number of fused-ring (bicyclic) bond motifs is 6. The molecule has 2 heterocycles. The smallest absolute Gasteiger partial charge is 0.308 e. The Kier molecular flexibility index (Phi) is 6.34. The van der Waals surface area contributed by atoms with E-state index in [4.69, 9.17) is 0 Å². The average Bonchev–Trinajstić information content (AvgIpc) is 3.62. The molecule has 0 amide bonds. The topological polar surface area (TPSA) is 81.2 Å². The summed E-state index contributed by atoms with van der Waals surface area (Å²) >= 11 is 0. The van der Waals surface area contributed by atoms with Gasteiger partial charge in [0.15, 0.2) is 0 Å². The van der Waals surface area contributed by atoms with Crippen LogP contribution >= 0.6 is 0 Å². The van der Waals surface area contributed by atoms with Gasteiger partial charge in [0.05, 0.1) is 73.9 Å². The van der Waals surface area contributed by atoms with Gasteiger partial charge in [-0.1, -0.05) is 48.5 Å². The van der Waals surface area contributed by atoms with Crippen LogP contribution in [0.2, 0.25) is 0 Å². The third kappa shape index (κ3) is 4.31. The first-order valence-electron chi connectivity index (χ1n) is 14.9. The minimum atomic E-state index is -4.59. The third-order valence-electron chi connectivity index (χ3n) is 8.79. The lowest BCUT2D eigenvalue weighted by Gasteiger charge is -2.21. The van der Waals surface area contributed by atoms with Gasteiger partial charge < -0.3 is 9.13 Å². The third-order valence-corrected chi connectivity index (χ3v) is 8.79. The highest BCUT2D eigenvalue weighted by Crippen LogP contribution is 2.44. The summed E-state index contributed by atoms with van der Waals surface area (Å²) in [7, 11) is 0. The van der Waals surface area contributed by atoms with Crippen LogP contribution in [0.25, 0.3) is 66.1 Å². The molecule has 8 rings (SSSR count). The van der Waals surface area contributed by atoms with Crippen molar-refractivity contribution in [2.75, 3.05) is 0 Å². The lowest BCUT2D eigenvalue weighted by Crippen LogP contribution is -2.07. The molecule has 8 heteroatoms. The van der Waals surface area contributed by atoms with Crippen molar-refractivity contribution in [3.05, 3.63) is 144 Å². The molecule has 0 spiro atoms. The second-order valence-corrected chi connectivity index (χ2v) is 11.5.